The predicted octanol–water partition coefficient (Wildman–Crippen LogP) is 1.49. The van der Waals surface area contributed by atoms with Crippen molar-refractivity contribution in [3.8, 4) is 0 Å². The van der Waals surface area contributed by atoms with Crippen LogP contribution in [-0.4, -0.2) is 34.8 Å². The summed E-state index contributed by atoms with van der Waals surface area (Å²) in [5.74, 6) is 2.18. The molecule has 1 aliphatic heterocycles. The lowest BCUT2D eigenvalue weighted by atomic mass is 9.82. The first-order valence-electron chi connectivity index (χ1n) is 6.41. The number of H-pyrrole nitrogens is 1. The summed E-state index contributed by atoms with van der Waals surface area (Å²) in [6.07, 6.45) is 2.36. The molecule has 1 aliphatic rings. The van der Waals surface area contributed by atoms with E-state index in [9.17, 15) is 0 Å². The Kier molecular flexibility index (Phi) is 3.38. The van der Waals surface area contributed by atoms with E-state index in [1.54, 1.807) is 0 Å². The topological polar surface area (TPSA) is 70.8 Å². The molecule has 0 bridgehead atoms. The minimum absolute atomic E-state index is 0.205. The minimum Gasteiger partial charge on any atom is -0.339 e. The van der Waals surface area contributed by atoms with Gasteiger partial charge in [-0.3, -0.25) is 5.10 Å². The Hall–Kier alpha value is -1.10. The van der Waals surface area contributed by atoms with Crippen LogP contribution in [0.15, 0.2) is 0 Å². The van der Waals surface area contributed by atoms with Gasteiger partial charge in [0.05, 0.1) is 0 Å². The number of anilines is 1. The van der Waals surface area contributed by atoms with Crippen LogP contribution < -0.4 is 10.6 Å². The summed E-state index contributed by atoms with van der Waals surface area (Å²) in [7, 11) is 0. The Labute approximate surface area is 103 Å². The molecule has 0 aromatic carbocycles. The zero-order valence-corrected chi connectivity index (χ0v) is 11.0. The molecule has 1 unspecified atom stereocenters. The molecule has 0 radical (unpaired) electrons. The number of rotatable bonds is 3. The lowest BCUT2D eigenvalue weighted by Crippen LogP contribution is -2.46. The molecule has 1 fully saturated rings. The van der Waals surface area contributed by atoms with Crippen molar-refractivity contribution in [2.24, 2.45) is 11.1 Å². The van der Waals surface area contributed by atoms with E-state index < -0.39 is 0 Å². The van der Waals surface area contributed by atoms with Crippen LogP contribution in [-0.2, 0) is 0 Å². The van der Waals surface area contributed by atoms with Crippen LogP contribution >= 0.6 is 0 Å². The van der Waals surface area contributed by atoms with Gasteiger partial charge >= 0.3 is 0 Å². The second kappa shape index (κ2) is 4.64. The summed E-state index contributed by atoms with van der Waals surface area (Å²) in [6.45, 7) is 9.19. The van der Waals surface area contributed by atoms with Crippen molar-refractivity contribution in [3.05, 3.63) is 5.82 Å². The molecule has 2 heterocycles. The summed E-state index contributed by atoms with van der Waals surface area (Å²) in [5, 5.41) is 7.32. The highest BCUT2D eigenvalue weighted by atomic mass is 15.4. The smallest absolute Gasteiger partial charge is 0.244 e. The van der Waals surface area contributed by atoms with E-state index in [0.717, 1.165) is 31.4 Å². The van der Waals surface area contributed by atoms with E-state index in [1.807, 2.05) is 0 Å². The number of aromatic nitrogens is 3. The highest BCUT2D eigenvalue weighted by molar-refractivity contribution is 5.30. The lowest BCUT2D eigenvalue weighted by Gasteiger charge is -2.39. The number of piperidine rings is 1. The van der Waals surface area contributed by atoms with Crippen molar-refractivity contribution in [3.63, 3.8) is 0 Å². The van der Waals surface area contributed by atoms with E-state index in [2.05, 4.69) is 40.9 Å². The number of nitrogens with two attached hydrogens (primary N) is 1. The van der Waals surface area contributed by atoms with Gasteiger partial charge in [-0.15, -0.1) is 5.10 Å². The molecule has 0 spiro atoms. The molecule has 1 aromatic heterocycles. The van der Waals surface area contributed by atoms with Crippen molar-refractivity contribution in [2.75, 3.05) is 24.5 Å². The first kappa shape index (κ1) is 12.4. The summed E-state index contributed by atoms with van der Waals surface area (Å²) in [4.78, 5) is 6.80. The molecule has 5 nitrogen and oxygen atoms in total. The fraction of sp³-hybridized carbons (Fsp3) is 0.833. The van der Waals surface area contributed by atoms with Crippen molar-refractivity contribution in [2.45, 2.75) is 39.5 Å². The fourth-order valence-electron chi connectivity index (χ4n) is 2.32. The van der Waals surface area contributed by atoms with Gasteiger partial charge in [-0.05, 0) is 24.8 Å². The van der Waals surface area contributed by atoms with E-state index >= 15 is 0 Å². The van der Waals surface area contributed by atoms with Crippen LogP contribution in [0.3, 0.4) is 0 Å². The lowest BCUT2D eigenvalue weighted by molar-refractivity contribution is 0.270. The van der Waals surface area contributed by atoms with Crippen molar-refractivity contribution in [1.29, 1.82) is 0 Å². The first-order valence-corrected chi connectivity index (χ1v) is 6.41. The number of hydrogen-bond donors (Lipinski definition) is 2. The van der Waals surface area contributed by atoms with Gasteiger partial charge in [-0.2, -0.15) is 4.98 Å². The van der Waals surface area contributed by atoms with E-state index in [1.165, 1.54) is 12.8 Å². The zero-order chi connectivity index (χ0) is 12.5. The second-order valence-corrected chi connectivity index (χ2v) is 5.72. The van der Waals surface area contributed by atoms with Crippen LogP contribution in [0.1, 0.15) is 45.4 Å². The monoisotopic (exact) mass is 237 g/mol. The van der Waals surface area contributed by atoms with Gasteiger partial charge in [0.1, 0.15) is 5.82 Å². The van der Waals surface area contributed by atoms with Gasteiger partial charge in [0.25, 0.3) is 0 Å². The fourth-order valence-corrected chi connectivity index (χ4v) is 2.32. The maximum atomic E-state index is 5.86. The minimum atomic E-state index is 0.205. The van der Waals surface area contributed by atoms with Gasteiger partial charge < -0.3 is 10.6 Å². The number of nitrogens with zero attached hydrogens (tertiary/aromatic N) is 3. The highest BCUT2D eigenvalue weighted by Gasteiger charge is 2.31. The third kappa shape index (κ3) is 2.60. The normalized spacial score (nSPS) is 25.6. The van der Waals surface area contributed by atoms with E-state index in [4.69, 9.17) is 5.73 Å². The zero-order valence-electron chi connectivity index (χ0n) is 11.0. The van der Waals surface area contributed by atoms with Crippen LogP contribution in [0.5, 0.6) is 0 Å². The van der Waals surface area contributed by atoms with Gasteiger partial charge in [-0.25, -0.2) is 0 Å². The summed E-state index contributed by atoms with van der Waals surface area (Å²) in [5.41, 5.74) is 6.06. The van der Waals surface area contributed by atoms with E-state index in [0.29, 0.717) is 5.92 Å². The molecule has 17 heavy (non-hydrogen) atoms. The third-order valence-corrected chi connectivity index (χ3v) is 3.59. The molecule has 1 saturated heterocycles. The average Bonchev–Trinajstić information content (AvgIpc) is 2.78. The molecule has 3 N–H and O–H groups in total. The molecule has 1 aromatic rings. The predicted molar refractivity (Wildman–Crippen MR) is 69.1 cm³/mol. The van der Waals surface area contributed by atoms with E-state index in [-0.39, 0.29) is 5.41 Å². The Morgan fingerprint density at radius 3 is 2.88 bits per heavy atom. The SMILES string of the molecule is CC(C)c1nc(N2CCCC(C)(CN)C2)n[nH]1. The molecule has 0 saturated carbocycles. The van der Waals surface area contributed by atoms with Crippen LogP contribution in [0.4, 0.5) is 5.95 Å². The van der Waals surface area contributed by atoms with Crippen LogP contribution in [0.25, 0.3) is 0 Å². The standard InChI is InChI=1S/C12H23N5/c1-9(2)10-14-11(16-15-10)17-6-4-5-12(3,7-13)8-17/h9H,4-8,13H2,1-3H3,(H,14,15,16). The Balaban J connectivity index is 2.11. The maximum absolute atomic E-state index is 5.86. The summed E-state index contributed by atoms with van der Waals surface area (Å²) >= 11 is 0. The summed E-state index contributed by atoms with van der Waals surface area (Å²) < 4.78 is 0. The molecular weight excluding hydrogens is 214 g/mol. The quantitative estimate of drug-likeness (QED) is 0.835. The molecule has 0 amide bonds. The van der Waals surface area contributed by atoms with Gasteiger partial charge in [0.2, 0.25) is 5.95 Å². The summed E-state index contributed by atoms with van der Waals surface area (Å²) in [6, 6.07) is 0. The largest absolute Gasteiger partial charge is 0.339 e. The molecular formula is C12H23N5. The Morgan fingerprint density at radius 2 is 2.29 bits per heavy atom. The second-order valence-electron chi connectivity index (χ2n) is 5.72. The highest BCUT2D eigenvalue weighted by Crippen LogP contribution is 2.30. The van der Waals surface area contributed by atoms with Crippen molar-refractivity contribution < 1.29 is 0 Å². The number of hydrogen-bond acceptors (Lipinski definition) is 4. The Bertz CT molecular complexity index is 373. The number of aromatic amines is 1. The molecule has 0 aliphatic carbocycles. The molecule has 5 heteroatoms. The van der Waals surface area contributed by atoms with Crippen molar-refractivity contribution >= 4 is 5.95 Å². The molecule has 1 atom stereocenters. The van der Waals surface area contributed by atoms with Crippen molar-refractivity contribution in [1.82, 2.24) is 15.2 Å². The molecule has 2 rings (SSSR count). The van der Waals surface area contributed by atoms with Gasteiger partial charge in [0, 0.05) is 19.0 Å². The van der Waals surface area contributed by atoms with Crippen LogP contribution in [0.2, 0.25) is 0 Å². The van der Waals surface area contributed by atoms with Gasteiger partial charge in [-0.1, -0.05) is 20.8 Å². The van der Waals surface area contributed by atoms with Crippen LogP contribution in [0, 0.1) is 5.41 Å². The Morgan fingerprint density at radius 1 is 1.53 bits per heavy atom. The average molecular weight is 237 g/mol. The number of nitrogens with one attached hydrogen (secondary N) is 1. The van der Waals surface area contributed by atoms with Gasteiger partial charge in [0.15, 0.2) is 0 Å². The first-order chi connectivity index (χ1) is 8.04. The third-order valence-electron chi connectivity index (χ3n) is 3.59. The maximum Gasteiger partial charge on any atom is 0.244 e. The molecule has 96 valence electrons.